The molecule has 0 radical (unpaired) electrons. The minimum Gasteiger partial charge on any atom is -0.342 e. The number of halogens is 5. The first-order chi connectivity index (χ1) is 5.91. The molecule has 0 heterocycles. The van der Waals surface area contributed by atoms with E-state index in [1.807, 2.05) is 0 Å². The predicted octanol–water partition coefficient (Wildman–Crippen LogP) is 2.75. The predicted molar refractivity (Wildman–Crippen MR) is 51.2 cm³/mol. The molecule has 13 heavy (non-hydrogen) atoms. The van der Waals surface area contributed by atoms with Crippen LogP contribution < -0.4 is 0 Å². The van der Waals surface area contributed by atoms with Crippen LogP contribution in [0.2, 0.25) is 0 Å². The zero-order chi connectivity index (χ0) is 10.6. The van der Waals surface area contributed by atoms with Gasteiger partial charge in [0.05, 0.1) is 0 Å². The summed E-state index contributed by atoms with van der Waals surface area (Å²) in [6.07, 6.45) is 0. The summed E-state index contributed by atoms with van der Waals surface area (Å²) >= 11 is 25.6. The fourth-order valence-electron chi connectivity index (χ4n) is 0.327. The molecule has 0 aliphatic carbocycles. The molecule has 0 unspecified atom stereocenters. The molecule has 0 aromatic heterocycles. The van der Waals surface area contributed by atoms with Crippen LogP contribution >= 0.6 is 58.3 Å². The number of Topliss-reactive ketones (excluding diaryl/α,β-unsaturated/α-hetero) is 1. The van der Waals surface area contributed by atoms with Gasteiger partial charge in [0.1, 0.15) is 21.9 Å². The lowest BCUT2D eigenvalue weighted by molar-refractivity contribution is -0.129. The molecule has 0 rings (SSSR count). The summed E-state index contributed by atoms with van der Waals surface area (Å²) < 4.78 is 3.68. The Balaban J connectivity index is 4.81. The van der Waals surface area contributed by atoms with Crippen molar-refractivity contribution in [1.29, 1.82) is 0 Å². The van der Waals surface area contributed by atoms with Crippen LogP contribution in [0.25, 0.3) is 0 Å². The van der Waals surface area contributed by atoms with Gasteiger partial charge in [-0.1, -0.05) is 46.4 Å². The number of allylic oxidation sites excluding steroid dienone is 1. The fraction of sp³-hybridized carbons (Fsp3) is 0.200. The summed E-state index contributed by atoms with van der Waals surface area (Å²) in [6, 6.07) is 0. The van der Waals surface area contributed by atoms with Crippen molar-refractivity contribution in [3.05, 3.63) is 10.1 Å². The van der Waals surface area contributed by atoms with E-state index in [1.165, 1.54) is 0 Å². The van der Waals surface area contributed by atoms with E-state index in [9.17, 15) is 9.59 Å². The highest BCUT2D eigenvalue weighted by Gasteiger charge is 2.23. The molecule has 0 aromatic carbocycles. The van der Waals surface area contributed by atoms with E-state index in [0.717, 1.165) is 0 Å². The van der Waals surface area contributed by atoms with Crippen molar-refractivity contribution < 1.29 is 13.9 Å². The fourth-order valence-corrected chi connectivity index (χ4v) is 1.09. The zero-order valence-corrected chi connectivity index (χ0v) is 9.47. The summed E-state index contributed by atoms with van der Waals surface area (Å²) in [6.45, 7) is 0. The topological polar surface area (TPSA) is 43.4 Å². The molecule has 0 saturated heterocycles. The maximum atomic E-state index is 10.9. The van der Waals surface area contributed by atoms with Gasteiger partial charge in [0, 0.05) is 0 Å². The number of hydrogen-bond donors (Lipinski definition) is 0. The SMILES string of the molecule is O=C(OCl)C(Cl)=C(Cl)C(=O)C(Cl)Cl. The lowest BCUT2D eigenvalue weighted by atomic mass is 10.4. The van der Waals surface area contributed by atoms with E-state index in [0.29, 0.717) is 0 Å². The first-order valence-electron chi connectivity index (χ1n) is 2.62. The Morgan fingerprint density at radius 3 is 1.85 bits per heavy atom. The zero-order valence-electron chi connectivity index (χ0n) is 5.69. The first-order valence-corrected chi connectivity index (χ1v) is 4.56. The molecule has 0 spiro atoms. The van der Waals surface area contributed by atoms with Gasteiger partial charge in [0.25, 0.3) is 0 Å². The Labute approximate surface area is 98.6 Å². The molecule has 74 valence electrons. The van der Waals surface area contributed by atoms with E-state index < -0.39 is 26.7 Å². The lowest BCUT2D eigenvalue weighted by Gasteiger charge is -2.00. The van der Waals surface area contributed by atoms with Crippen molar-refractivity contribution in [2.45, 2.75) is 4.84 Å². The smallest absolute Gasteiger partial charge is 0.342 e. The van der Waals surface area contributed by atoms with Gasteiger partial charge >= 0.3 is 5.97 Å². The molecule has 0 aromatic rings. The van der Waals surface area contributed by atoms with E-state index in [-0.39, 0.29) is 0 Å². The number of alkyl halides is 2. The minimum absolute atomic E-state index is 0.623. The highest BCUT2D eigenvalue weighted by atomic mass is 35.5. The standard InChI is InChI=1S/C5HCl5O3/c6-1(3(11)4(8)9)2(7)5(12)13-10/h4H. The normalized spacial score (nSPS) is 12.5. The Hall–Kier alpha value is 0.330. The van der Waals surface area contributed by atoms with Gasteiger partial charge in [-0.15, -0.1) is 0 Å². The van der Waals surface area contributed by atoms with Gasteiger partial charge in [-0.05, 0) is 0 Å². The summed E-state index contributed by atoms with van der Waals surface area (Å²) in [5.41, 5.74) is 0. The largest absolute Gasteiger partial charge is 0.369 e. The molecule has 0 fully saturated rings. The second-order valence-corrected chi connectivity index (χ2v) is 3.66. The molecular formula is C5HCl5O3. The van der Waals surface area contributed by atoms with Crippen LogP contribution in [0.4, 0.5) is 0 Å². The molecule has 8 heteroatoms. The Morgan fingerprint density at radius 1 is 1.08 bits per heavy atom. The van der Waals surface area contributed by atoms with Gasteiger partial charge < -0.3 is 4.29 Å². The van der Waals surface area contributed by atoms with Gasteiger partial charge in [-0.2, -0.15) is 0 Å². The third-order valence-electron chi connectivity index (χ3n) is 0.857. The maximum absolute atomic E-state index is 10.9. The van der Waals surface area contributed by atoms with E-state index in [4.69, 9.17) is 46.4 Å². The summed E-state index contributed by atoms with van der Waals surface area (Å²) in [5, 5.41) is -1.30. The Kier molecular flexibility index (Phi) is 6.09. The molecule has 0 bridgehead atoms. The van der Waals surface area contributed by atoms with E-state index in [2.05, 4.69) is 16.2 Å². The van der Waals surface area contributed by atoms with Crippen LogP contribution in [0.15, 0.2) is 10.1 Å². The van der Waals surface area contributed by atoms with Crippen molar-refractivity contribution in [2.24, 2.45) is 0 Å². The quantitative estimate of drug-likeness (QED) is 0.592. The number of rotatable bonds is 3. The van der Waals surface area contributed by atoms with Crippen molar-refractivity contribution in [1.82, 2.24) is 0 Å². The maximum Gasteiger partial charge on any atom is 0.369 e. The van der Waals surface area contributed by atoms with Crippen molar-refractivity contribution >= 4 is 70.0 Å². The lowest BCUT2D eigenvalue weighted by Crippen LogP contribution is -2.11. The van der Waals surface area contributed by atoms with Crippen LogP contribution in [0, 0.1) is 0 Å². The van der Waals surface area contributed by atoms with Crippen LogP contribution in [0.1, 0.15) is 0 Å². The van der Waals surface area contributed by atoms with Crippen LogP contribution in [-0.4, -0.2) is 16.6 Å². The third-order valence-corrected chi connectivity index (χ3v) is 2.21. The van der Waals surface area contributed by atoms with Crippen LogP contribution in [0.3, 0.4) is 0 Å². The van der Waals surface area contributed by atoms with Crippen molar-refractivity contribution in [3.63, 3.8) is 0 Å². The number of carbonyl (C=O) groups excluding carboxylic acids is 2. The van der Waals surface area contributed by atoms with Crippen molar-refractivity contribution in [2.75, 3.05) is 0 Å². The molecule has 0 atom stereocenters. The summed E-state index contributed by atoms with van der Waals surface area (Å²) in [7, 11) is 0. The van der Waals surface area contributed by atoms with Crippen LogP contribution in [0.5, 0.6) is 0 Å². The molecule has 3 nitrogen and oxygen atoms in total. The van der Waals surface area contributed by atoms with E-state index >= 15 is 0 Å². The highest BCUT2D eigenvalue weighted by Crippen LogP contribution is 2.21. The first kappa shape index (κ1) is 13.3. The molecule has 0 aliphatic heterocycles. The molecule has 0 N–H and O–H groups in total. The summed E-state index contributed by atoms with van der Waals surface area (Å²) in [5.74, 6) is -2.06. The minimum atomic E-state index is -1.40. The number of hydrogen-bond acceptors (Lipinski definition) is 3. The second kappa shape index (κ2) is 5.94. The van der Waals surface area contributed by atoms with E-state index in [1.54, 1.807) is 0 Å². The van der Waals surface area contributed by atoms with Gasteiger partial charge in [-0.3, -0.25) is 4.79 Å². The Morgan fingerprint density at radius 2 is 1.54 bits per heavy atom. The third kappa shape index (κ3) is 3.92. The second-order valence-electron chi connectivity index (χ2n) is 1.66. The van der Waals surface area contributed by atoms with Gasteiger partial charge in [0.2, 0.25) is 5.78 Å². The number of ketones is 1. The van der Waals surface area contributed by atoms with Crippen LogP contribution in [-0.2, 0) is 13.9 Å². The highest BCUT2D eigenvalue weighted by molar-refractivity contribution is 6.63. The summed E-state index contributed by atoms with van der Waals surface area (Å²) in [4.78, 5) is 20.1. The molecule has 0 saturated carbocycles. The molecule has 0 amide bonds. The average molecular weight is 286 g/mol. The van der Waals surface area contributed by atoms with Gasteiger partial charge in [0.15, 0.2) is 4.84 Å². The van der Waals surface area contributed by atoms with Gasteiger partial charge in [-0.25, -0.2) is 4.79 Å². The average Bonchev–Trinajstić information content (AvgIpc) is 2.12. The number of carbonyl (C=O) groups is 2. The molecular weight excluding hydrogens is 285 g/mol. The molecule has 0 aliphatic rings. The monoisotopic (exact) mass is 284 g/mol. The Bertz CT molecular complexity index is 259. The van der Waals surface area contributed by atoms with Crippen molar-refractivity contribution in [3.8, 4) is 0 Å².